The van der Waals surface area contributed by atoms with Crippen molar-refractivity contribution < 1.29 is 4.74 Å². The van der Waals surface area contributed by atoms with Crippen LogP contribution in [0.25, 0.3) is 0 Å². The van der Waals surface area contributed by atoms with Crippen LogP contribution >= 0.6 is 11.3 Å². The van der Waals surface area contributed by atoms with Crippen molar-refractivity contribution in [2.45, 2.75) is 31.9 Å². The molecule has 1 aromatic rings. The largest absolute Gasteiger partial charge is 0.374 e. The number of ether oxygens (including phenoxy) is 1. The molecule has 15 heavy (non-hydrogen) atoms. The highest BCUT2D eigenvalue weighted by molar-refractivity contribution is 7.09. The lowest BCUT2D eigenvalue weighted by Gasteiger charge is -2.11. The summed E-state index contributed by atoms with van der Waals surface area (Å²) in [4.78, 5) is 4.64. The van der Waals surface area contributed by atoms with Crippen LogP contribution < -0.4 is 5.32 Å². The van der Waals surface area contributed by atoms with Crippen molar-refractivity contribution >= 4 is 11.3 Å². The Labute approximate surface area is 94.9 Å². The SMILES string of the molecule is CNC(C)c1csc(C(OC)C2CC2)n1. The lowest BCUT2D eigenvalue weighted by Crippen LogP contribution is -2.13. The van der Waals surface area contributed by atoms with Gasteiger partial charge in [0.05, 0.1) is 5.69 Å². The smallest absolute Gasteiger partial charge is 0.122 e. The van der Waals surface area contributed by atoms with Crippen molar-refractivity contribution in [3.8, 4) is 0 Å². The van der Waals surface area contributed by atoms with E-state index < -0.39 is 0 Å². The summed E-state index contributed by atoms with van der Waals surface area (Å²) in [5, 5.41) is 6.47. The second-order valence-corrected chi connectivity index (χ2v) is 5.00. The van der Waals surface area contributed by atoms with Gasteiger partial charge < -0.3 is 10.1 Å². The molecule has 4 heteroatoms. The van der Waals surface area contributed by atoms with Crippen LogP contribution in [0.15, 0.2) is 5.38 Å². The molecule has 0 amide bonds. The van der Waals surface area contributed by atoms with Gasteiger partial charge in [0.25, 0.3) is 0 Å². The molecule has 3 nitrogen and oxygen atoms in total. The first-order valence-electron chi connectivity index (χ1n) is 5.41. The molecular weight excluding hydrogens is 208 g/mol. The maximum Gasteiger partial charge on any atom is 0.122 e. The molecule has 0 aliphatic heterocycles. The number of aromatic nitrogens is 1. The maximum atomic E-state index is 5.51. The van der Waals surface area contributed by atoms with Gasteiger partial charge in [-0.3, -0.25) is 0 Å². The van der Waals surface area contributed by atoms with Crippen LogP contribution in [-0.2, 0) is 4.74 Å². The van der Waals surface area contributed by atoms with Crippen LogP contribution in [0, 0.1) is 5.92 Å². The molecule has 0 spiro atoms. The van der Waals surface area contributed by atoms with Crippen LogP contribution in [0.5, 0.6) is 0 Å². The van der Waals surface area contributed by atoms with Crippen molar-refractivity contribution in [3.05, 3.63) is 16.1 Å². The van der Waals surface area contributed by atoms with E-state index in [0.717, 1.165) is 10.7 Å². The first kappa shape index (κ1) is 11.0. The van der Waals surface area contributed by atoms with Gasteiger partial charge in [-0.25, -0.2) is 4.98 Å². The molecular formula is C11H18N2OS. The van der Waals surface area contributed by atoms with Crippen LogP contribution in [0.3, 0.4) is 0 Å². The standard InChI is InChI=1S/C11H18N2OS/c1-7(12-2)9-6-15-11(13-9)10(14-3)8-4-5-8/h6-8,10,12H,4-5H2,1-3H3. The summed E-state index contributed by atoms with van der Waals surface area (Å²) < 4.78 is 5.51. The Hall–Kier alpha value is -0.450. The average Bonchev–Trinajstić information content (AvgIpc) is 2.96. The third kappa shape index (κ3) is 2.38. The Balaban J connectivity index is 2.10. The molecule has 1 N–H and O–H groups in total. The zero-order chi connectivity index (χ0) is 10.8. The molecule has 0 radical (unpaired) electrons. The van der Waals surface area contributed by atoms with Gasteiger partial charge in [-0.15, -0.1) is 11.3 Å². The maximum absolute atomic E-state index is 5.51. The predicted molar refractivity (Wildman–Crippen MR) is 62.1 cm³/mol. The Morgan fingerprint density at radius 1 is 1.60 bits per heavy atom. The second-order valence-electron chi connectivity index (χ2n) is 4.11. The van der Waals surface area contributed by atoms with E-state index in [1.807, 2.05) is 7.05 Å². The van der Waals surface area contributed by atoms with Crippen LogP contribution in [0.1, 0.15) is 42.6 Å². The number of hydrogen-bond acceptors (Lipinski definition) is 4. The molecule has 1 saturated carbocycles. The fraction of sp³-hybridized carbons (Fsp3) is 0.727. The number of methoxy groups -OCH3 is 1. The molecule has 2 rings (SSSR count). The highest BCUT2D eigenvalue weighted by Gasteiger charge is 2.34. The van der Waals surface area contributed by atoms with Gasteiger partial charge in [-0.2, -0.15) is 0 Å². The molecule has 1 heterocycles. The van der Waals surface area contributed by atoms with Gasteiger partial charge in [0, 0.05) is 18.5 Å². The van der Waals surface area contributed by atoms with E-state index in [0.29, 0.717) is 12.0 Å². The highest BCUT2D eigenvalue weighted by Crippen LogP contribution is 2.43. The molecule has 0 saturated heterocycles. The summed E-state index contributed by atoms with van der Waals surface area (Å²) in [5.74, 6) is 0.707. The van der Waals surface area contributed by atoms with Gasteiger partial charge in [0.15, 0.2) is 0 Å². The van der Waals surface area contributed by atoms with Gasteiger partial charge in [-0.1, -0.05) is 0 Å². The second kappa shape index (κ2) is 4.60. The normalized spacial score (nSPS) is 20.2. The predicted octanol–water partition coefficient (Wildman–Crippen LogP) is 2.52. The third-order valence-corrected chi connectivity index (χ3v) is 3.89. The summed E-state index contributed by atoms with van der Waals surface area (Å²) in [6.07, 6.45) is 2.80. The Morgan fingerprint density at radius 2 is 2.33 bits per heavy atom. The molecule has 2 atom stereocenters. The van der Waals surface area contributed by atoms with Gasteiger partial charge in [-0.05, 0) is 32.7 Å². The zero-order valence-electron chi connectivity index (χ0n) is 9.49. The first-order valence-corrected chi connectivity index (χ1v) is 6.29. The number of nitrogens with one attached hydrogen (secondary N) is 1. The van der Waals surface area contributed by atoms with Crippen LogP contribution in [0.4, 0.5) is 0 Å². The van der Waals surface area contributed by atoms with Crippen molar-refractivity contribution in [2.75, 3.05) is 14.2 Å². The van der Waals surface area contributed by atoms with Gasteiger partial charge >= 0.3 is 0 Å². The Kier molecular flexibility index (Phi) is 3.38. The third-order valence-electron chi connectivity index (χ3n) is 2.96. The molecule has 1 aromatic heterocycles. The van der Waals surface area contributed by atoms with Crippen molar-refractivity contribution in [1.82, 2.24) is 10.3 Å². The van der Waals surface area contributed by atoms with Gasteiger partial charge in [0.2, 0.25) is 0 Å². The number of rotatable bonds is 5. The Morgan fingerprint density at radius 3 is 2.87 bits per heavy atom. The minimum Gasteiger partial charge on any atom is -0.374 e. The number of nitrogens with zero attached hydrogens (tertiary/aromatic N) is 1. The van der Waals surface area contributed by atoms with E-state index in [9.17, 15) is 0 Å². The average molecular weight is 226 g/mol. The van der Waals surface area contributed by atoms with Crippen molar-refractivity contribution in [3.63, 3.8) is 0 Å². The van der Waals surface area contributed by atoms with Gasteiger partial charge in [0.1, 0.15) is 11.1 Å². The molecule has 0 aromatic carbocycles. The molecule has 1 fully saturated rings. The molecule has 1 aliphatic carbocycles. The minimum atomic E-state index is 0.229. The minimum absolute atomic E-state index is 0.229. The Bertz CT molecular complexity index is 322. The molecule has 0 bridgehead atoms. The zero-order valence-corrected chi connectivity index (χ0v) is 10.3. The van der Waals surface area contributed by atoms with Crippen molar-refractivity contribution in [1.29, 1.82) is 0 Å². The monoisotopic (exact) mass is 226 g/mol. The van der Waals surface area contributed by atoms with E-state index in [4.69, 9.17) is 4.74 Å². The van der Waals surface area contributed by atoms with E-state index in [1.165, 1.54) is 12.8 Å². The summed E-state index contributed by atoms with van der Waals surface area (Å²) in [5.41, 5.74) is 1.13. The summed E-state index contributed by atoms with van der Waals surface area (Å²) in [6.45, 7) is 2.12. The molecule has 2 unspecified atom stereocenters. The number of hydrogen-bond donors (Lipinski definition) is 1. The summed E-state index contributed by atoms with van der Waals surface area (Å²) in [6, 6.07) is 0.326. The van der Waals surface area contributed by atoms with E-state index >= 15 is 0 Å². The van der Waals surface area contributed by atoms with E-state index in [2.05, 4.69) is 22.6 Å². The van der Waals surface area contributed by atoms with Crippen molar-refractivity contribution in [2.24, 2.45) is 5.92 Å². The van der Waals surface area contributed by atoms with Crippen LogP contribution in [-0.4, -0.2) is 19.1 Å². The fourth-order valence-electron chi connectivity index (χ4n) is 1.67. The first-order chi connectivity index (χ1) is 7.26. The summed E-state index contributed by atoms with van der Waals surface area (Å²) in [7, 11) is 3.74. The van der Waals surface area contributed by atoms with E-state index in [1.54, 1.807) is 18.4 Å². The number of thiazole rings is 1. The summed E-state index contributed by atoms with van der Waals surface area (Å²) >= 11 is 1.72. The fourth-order valence-corrected chi connectivity index (χ4v) is 2.75. The van der Waals surface area contributed by atoms with E-state index in [-0.39, 0.29) is 6.10 Å². The highest BCUT2D eigenvalue weighted by atomic mass is 32.1. The lowest BCUT2D eigenvalue weighted by molar-refractivity contribution is 0.0842. The quantitative estimate of drug-likeness (QED) is 0.837. The molecule has 1 aliphatic rings. The molecule has 84 valence electrons. The van der Waals surface area contributed by atoms with Crippen LogP contribution in [0.2, 0.25) is 0 Å². The topological polar surface area (TPSA) is 34.1 Å². The lowest BCUT2D eigenvalue weighted by atomic mass is 10.2.